The lowest BCUT2D eigenvalue weighted by atomic mass is 10.3. The van der Waals surface area contributed by atoms with E-state index in [1.54, 1.807) is 28.9 Å². The van der Waals surface area contributed by atoms with Gasteiger partial charge in [0.15, 0.2) is 0 Å². The van der Waals surface area contributed by atoms with E-state index in [0.717, 1.165) is 5.69 Å². The molecular formula is C19H16Cl2N4O2. The monoisotopic (exact) mass is 402 g/mol. The van der Waals surface area contributed by atoms with Crippen LogP contribution in [0.25, 0.3) is 5.69 Å². The van der Waals surface area contributed by atoms with Gasteiger partial charge in [-0.3, -0.25) is 0 Å². The minimum atomic E-state index is -0.560. The van der Waals surface area contributed by atoms with Crippen molar-refractivity contribution in [1.82, 2.24) is 9.78 Å². The van der Waals surface area contributed by atoms with Gasteiger partial charge in [0.25, 0.3) is 0 Å². The molecule has 0 saturated heterocycles. The van der Waals surface area contributed by atoms with E-state index < -0.39 is 6.03 Å². The molecule has 3 aromatic rings. The van der Waals surface area contributed by atoms with Gasteiger partial charge in [-0.05, 0) is 37.3 Å². The number of rotatable bonds is 4. The van der Waals surface area contributed by atoms with Crippen LogP contribution in [0.5, 0.6) is 5.88 Å². The number of hydrogen-bond donors (Lipinski definition) is 1. The molecule has 0 atom stereocenters. The van der Waals surface area contributed by atoms with Crippen molar-refractivity contribution in [3.05, 3.63) is 76.2 Å². The number of carbonyl (C=O) groups is 1. The summed E-state index contributed by atoms with van der Waals surface area (Å²) in [6.07, 6.45) is 1.49. The predicted molar refractivity (Wildman–Crippen MR) is 106 cm³/mol. The Bertz CT molecular complexity index is 1020. The van der Waals surface area contributed by atoms with E-state index in [-0.39, 0.29) is 0 Å². The van der Waals surface area contributed by atoms with Crippen molar-refractivity contribution in [2.45, 2.75) is 6.92 Å². The van der Waals surface area contributed by atoms with Crippen molar-refractivity contribution in [3.8, 4) is 11.6 Å². The maximum absolute atomic E-state index is 12.2. The van der Waals surface area contributed by atoms with Gasteiger partial charge in [-0.2, -0.15) is 10.1 Å². The quantitative estimate of drug-likeness (QED) is 0.686. The lowest BCUT2D eigenvalue weighted by Crippen LogP contribution is -2.17. The minimum absolute atomic E-state index is 0.346. The number of para-hydroxylation sites is 1. The summed E-state index contributed by atoms with van der Waals surface area (Å²) < 4.78 is 7.28. The average Bonchev–Trinajstić information content (AvgIpc) is 2.66. The topological polar surface area (TPSA) is 68.5 Å². The van der Waals surface area contributed by atoms with Crippen molar-refractivity contribution in [2.75, 3.05) is 11.9 Å². The van der Waals surface area contributed by atoms with Crippen LogP contribution in [-0.4, -0.2) is 22.4 Å². The number of anilines is 1. The summed E-state index contributed by atoms with van der Waals surface area (Å²) in [6, 6.07) is 15.4. The molecule has 0 saturated carbocycles. The van der Waals surface area contributed by atoms with Gasteiger partial charge >= 0.3 is 6.03 Å². The third kappa shape index (κ3) is 4.87. The first-order valence-electron chi connectivity index (χ1n) is 8.15. The highest BCUT2D eigenvalue weighted by atomic mass is 35.5. The standard InChI is InChI=1S/C19H16Cl2N4O2/c1-2-27-18-11-14(12-22-25(18)15-6-4-3-5-7-15)24-19(26)23-13-8-9-16(20)17(21)10-13/h3-12H,2H2,1H3,(H,23,26). The van der Waals surface area contributed by atoms with Crippen LogP contribution in [0, 0.1) is 0 Å². The molecule has 138 valence electrons. The van der Waals surface area contributed by atoms with E-state index in [1.807, 2.05) is 37.3 Å². The Balaban J connectivity index is 1.88. The average molecular weight is 403 g/mol. The molecule has 0 unspecified atom stereocenters. The Kier molecular flexibility index (Phi) is 6.11. The molecule has 1 aromatic heterocycles. The SMILES string of the molecule is CCOc1cc(=NC(=O)Nc2ccc(Cl)c(Cl)c2)cnn1-c1ccccc1. The van der Waals surface area contributed by atoms with Gasteiger partial charge in [-0.25, -0.2) is 9.48 Å². The van der Waals surface area contributed by atoms with E-state index in [2.05, 4.69) is 15.4 Å². The van der Waals surface area contributed by atoms with Crippen LogP contribution in [0.2, 0.25) is 10.0 Å². The second kappa shape index (κ2) is 8.70. The summed E-state index contributed by atoms with van der Waals surface area (Å²) in [5, 5.41) is 8.08. The van der Waals surface area contributed by atoms with Gasteiger partial charge in [-0.1, -0.05) is 41.4 Å². The highest BCUT2D eigenvalue weighted by Crippen LogP contribution is 2.25. The van der Waals surface area contributed by atoms with Crippen LogP contribution in [0.1, 0.15) is 6.92 Å². The third-order valence-electron chi connectivity index (χ3n) is 3.48. The molecule has 0 spiro atoms. The fraction of sp³-hybridized carbons (Fsp3) is 0.105. The van der Waals surface area contributed by atoms with Crippen molar-refractivity contribution in [2.24, 2.45) is 4.99 Å². The van der Waals surface area contributed by atoms with Crippen molar-refractivity contribution in [3.63, 3.8) is 0 Å². The van der Waals surface area contributed by atoms with Crippen LogP contribution in [-0.2, 0) is 0 Å². The van der Waals surface area contributed by atoms with Crippen LogP contribution in [0.4, 0.5) is 10.5 Å². The summed E-state index contributed by atoms with van der Waals surface area (Å²) in [5.74, 6) is 0.479. The van der Waals surface area contributed by atoms with Crippen molar-refractivity contribution in [1.29, 1.82) is 0 Å². The van der Waals surface area contributed by atoms with E-state index in [1.165, 1.54) is 6.20 Å². The van der Waals surface area contributed by atoms with Gasteiger partial charge in [0.2, 0.25) is 5.88 Å². The van der Waals surface area contributed by atoms with Crippen molar-refractivity contribution < 1.29 is 9.53 Å². The molecule has 3 rings (SSSR count). The van der Waals surface area contributed by atoms with Crippen LogP contribution >= 0.6 is 23.2 Å². The number of carbonyl (C=O) groups excluding carboxylic acids is 1. The Morgan fingerprint density at radius 2 is 1.93 bits per heavy atom. The smallest absolute Gasteiger partial charge is 0.345 e. The highest BCUT2D eigenvalue weighted by Gasteiger charge is 2.07. The van der Waals surface area contributed by atoms with E-state index in [9.17, 15) is 4.79 Å². The number of aromatic nitrogens is 2. The number of urea groups is 1. The lowest BCUT2D eigenvalue weighted by molar-refractivity contribution is 0.259. The number of amides is 2. The molecule has 1 heterocycles. The number of halogens is 2. The fourth-order valence-electron chi connectivity index (χ4n) is 2.32. The molecule has 27 heavy (non-hydrogen) atoms. The second-order valence-corrected chi connectivity index (χ2v) is 6.22. The van der Waals surface area contributed by atoms with Gasteiger partial charge in [0.1, 0.15) is 0 Å². The van der Waals surface area contributed by atoms with Crippen LogP contribution in [0.15, 0.2) is 65.8 Å². The van der Waals surface area contributed by atoms with Gasteiger partial charge in [-0.15, -0.1) is 0 Å². The first kappa shape index (κ1) is 18.9. The second-order valence-electron chi connectivity index (χ2n) is 5.40. The number of nitrogens with zero attached hydrogens (tertiary/aromatic N) is 3. The molecule has 1 N–H and O–H groups in total. The summed E-state index contributed by atoms with van der Waals surface area (Å²) in [5.41, 5.74) is 1.33. The molecule has 8 heteroatoms. The molecule has 0 aliphatic heterocycles. The maximum Gasteiger partial charge on any atom is 0.345 e. The first-order chi connectivity index (χ1) is 13.1. The zero-order valence-electron chi connectivity index (χ0n) is 14.4. The zero-order chi connectivity index (χ0) is 19.2. The Labute approximate surface area is 166 Å². The Morgan fingerprint density at radius 3 is 2.63 bits per heavy atom. The van der Waals surface area contributed by atoms with Gasteiger partial charge in [0, 0.05) is 11.8 Å². The normalized spacial score (nSPS) is 11.3. The molecule has 0 radical (unpaired) electrons. The number of benzene rings is 2. The Hall–Kier alpha value is -2.83. The first-order valence-corrected chi connectivity index (χ1v) is 8.91. The minimum Gasteiger partial charge on any atom is -0.478 e. The highest BCUT2D eigenvalue weighted by molar-refractivity contribution is 6.42. The van der Waals surface area contributed by atoms with Crippen LogP contribution < -0.4 is 15.4 Å². The molecular weight excluding hydrogens is 387 g/mol. The lowest BCUT2D eigenvalue weighted by Gasteiger charge is -2.11. The maximum atomic E-state index is 12.2. The molecule has 0 bridgehead atoms. The molecule has 0 fully saturated rings. The van der Waals surface area contributed by atoms with E-state index >= 15 is 0 Å². The van der Waals surface area contributed by atoms with Crippen molar-refractivity contribution >= 4 is 34.9 Å². The van der Waals surface area contributed by atoms with E-state index in [4.69, 9.17) is 27.9 Å². The molecule has 6 nitrogen and oxygen atoms in total. The Morgan fingerprint density at radius 1 is 1.15 bits per heavy atom. The number of nitrogens with one attached hydrogen (secondary N) is 1. The molecule has 2 aromatic carbocycles. The van der Waals surface area contributed by atoms with E-state index in [0.29, 0.717) is 33.6 Å². The largest absolute Gasteiger partial charge is 0.478 e. The summed E-state index contributed by atoms with van der Waals surface area (Å²) >= 11 is 11.8. The van der Waals surface area contributed by atoms with Gasteiger partial charge < -0.3 is 10.1 Å². The molecule has 0 aliphatic carbocycles. The van der Waals surface area contributed by atoms with Crippen LogP contribution in [0.3, 0.4) is 0 Å². The molecule has 0 aliphatic rings. The number of ether oxygens (including phenoxy) is 1. The predicted octanol–water partition coefficient (Wildman–Crippen LogP) is 4.71. The number of hydrogen-bond acceptors (Lipinski definition) is 3. The summed E-state index contributed by atoms with van der Waals surface area (Å²) in [6.45, 7) is 2.32. The van der Waals surface area contributed by atoms with Gasteiger partial charge in [0.05, 0.1) is 33.9 Å². The fourth-order valence-corrected chi connectivity index (χ4v) is 2.61. The zero-order valence-corrected chi connectivity index (χ0v) is 15.9. The molecule has 2 amide bonds. The summed E-state index contributed by atoms with van der Waals surface area (Å²) in [7, 11) is 0. The third-order valence-corrected chi connectivity index (χ3v) is 4.22. The summed E-state index contributed by atoms with van der Waals surface area (Å²) in [4.78, 5) is 16.2.